The predicted molar refractivity (Wildman–Crippen MR) is 95.2 cm³/mol. The third-order valence-corrected chi connectivity index (χ3v) is 5.28. The highest BCUT2D eigenvalue weighted by atomic mass is 32.2. The number of rotatable bonds is 7. The fraction of sp³-hybridized carbons (Fsp3) is 0.333. The number of nitrogens with one attached hydrogen (secondary N) is 1. The van der Waals surface area contributed by atoms with Crippen molar-refractivity contribution in [1.82, 2.24) is 4.72 Å². The molecule has 4 nitrogen and oxygen atoms in total. The maximum atomic E-state index is 12.3. The lowest BCUT2D eigenvalue weighted by atomic mass is 10.2. The minimum atomic E-state index is -3.47. The van der Waals surface area contributed by atoms with Gasteiger partial charge in [0.25, 0.3) is 0 Å². The number of aryl methyl sites for hydroxylation is 1. The first-order valence-corrected chi connectivity index (χ1v) is 9.34. The van der Waals surface area contributed by atoms with Gasteiger partial charge in [-0.15, -0.1) is 0 Å². The number of nitrogens with zero attached hydrogens (tertiary/aromatic N) is 1. The number of sulfonamides is 1. The van der Waals surface area contributed by atoms with Crippen LogP contribution >= 0.6 is 0 Å². The van der Waals surface area contributed by atoms with Crippen LogP contribution in [0.1, 0.15) is 25.0 Å². The van der Waals surface area contributed by atoms with Crippen LogP contribution in [0.15, 0.2) is 53.4 Å². The van der Waals surface area contributed by atoms with E-state index in [1.807, 2.05) is 31.2 Å². The molecule has 0 aliphatic rings. The van der Waals surface area contributed by atoms with Crippen molar-refractivity contribution in [2.45, 2.75) is 32.2 Å². The molecule has 0 atom stereocenters. The zero-order chi connectivity index (χ0) is 16.9. The molecule has 0 aliphatic carbocycles. The van der Waals surface area contributed by atoms with Crippen molar-refractivity contribution in [3.63, 3.8) is 0 Å². The van der Waals surface area contributed by atoms with Gasteiger partial charge in [-0.05, 0) is 50.6 Å². The van der Waals surface area contributed by atoms with E-state index in [2.05, 4.69) is 23.5 Å². The Bertz CT molecular complexity index is 719. The highest BCUT2D eigenvalue weighted by molar-refractivity contribution is 7.89. The van der Waals surface area contributed by atoms with E-state index in [0.29, 0.717) is 4.90 Å². The third kappa shape index (κ3) is 4.56. The summed E-state index contributed by atoms with van der Waals surface area (Å²) in [4.78, 5) is 2.54. The van der Waals surface area contributed by atoms with Gasteiger partial charge >= 0.3 is 0 Å². The Hall–Kier alpha value is -1.85. The maximum absolute atomic E-state index is 12.3. The molecule has 5 heteroatoms. The molecule has 0 radical (unpaired) electrons. The highest BCUT2D eigenvalue weighted by Gasteiger charge is 2.13. The predicted octanol–water partition coefficient (Wildman–Crippen LogP) is 3.32. The normalized spacial score (nSPS) is 11.4. The average molecular weight is 332 g/mol. The van der Waals surface area contributed by atoms with Crippen molar-refractivity contribution < 1.29 is 8.42 Å². The summed E-state index contributed by atoms with van der Waals surface area (Å²) >= 11 is 0. The summed E-state index contributed by atoms with van der Waals surface area (Å²) in [6.07, 6.45) is 0. The van der Waals surface area contributed by atoms with E-state index < -0.39 is 10.0 Å². The maximum Gasteiger partial charge on any atom is 0.240 e. The zero-order valence-corrected chi connectivity index (χ0v) is 14.7. The summed E-state index contributed by atoms with van der Waals surface area (Å²) in [7, 11) is -3.47. The quantitative estimate of drug-likeness (QED) is 0.846. The Labute approximate surface area is 139 Å². The van der Waals surface area contributed by atoms with Crippen LogP contribution < -0.4 is 9.62 Å². The van der Waals surface area contributed by atoms with Gasteiger partial charge in [-0.25, -0.2) is 13.1 Å². The summed E-state index contributed by atoms with van der Waals surface area (Å²) in [6.45, 7) is 8.36. The van der Waals surface area contributed by atoms with E-state index in [-0.39, 0.29) is 6.54 Å². The molecule has 0 aromatic heterocycles. The van der Waals surface area contributed by atoms with Crippen molar-refractivity contribution in [2.75, 3.05) is 18.0 Å². The molecule has 0 amide bonds. The van der Waals surface area contributed by atoms with E-state index >= 15 is 0 Å². The van der Waals surface area contributed by atoms with Crippen LogP contribution in [-0.2, 0) is 16.6 Å². The smallest absolute Gasteiger partial charge is 0.240 e. The molecule has 0 bridgehead atoms. The van der Waals surface area contributed by atoms with Crippen LogP contribution in [0.4, 0.5) is 5.69 Å². The lowest BCUT2D eigenvalue weighted by Gasteiger charge is -2.21. The van der Waals surface area contributed by atoms with E-state index in [9.17, 15) is 8.42 Å². The molecule has 2 rings (SSSR count). The van der Waals surface area contributed by atoms with Gasteiger partial charge in [-0.3, -0.25) is 0 Å². The van der Waals surface area contributed by atoms with E-state index in [4.69, 9.17) is 0 Å². The first kappa shape index (κ1) is 17.5. The lowest BCUT2D eigenvalue weighted by molar-refractivity contribution is 0.581. The first-order chi connectivity index (χ1) is 11.0. The summed E-state index contributed by atoms with van der Waals surface area (Å²) in [5, 5.41) is 0. The molecule has 1 N–H and O–H groups in total. The minimum absolute atomic E-state index is 0.286. The second kappa shape index (κ2) is 7.62. The van der Waals surface area contributed by atoms with Gasteiger partial charge in [0, 0.05) is 25.3 Å². The van der Waals surface area contributed by atoms with Crippen LogP contribution in [0.25, 0.3) is 0 Å². The molecule has 0 aliphatic heterocycles. The van der Waals surface area contributed by atoms with Crippen LogP contribution in [0, 0.1) is 6.92 Å². The number of hydrogen-bond acceptors (Lipinski definition) is 3. The largest absolute Gasteiger partial charge is 0.372 e. The van der Waals surface area contributed by atoms with Gasteiger partial charge < -0.3 is 4.90 Å². The Kier molecular flexibility index (Phi) is 5.80. The van der Waals surface area contributed by atoms with Gasteiger partial charge in [0.15, 0.2) is 0 Å². The van der Waals surface area contributed by atoms with E-state index in [1.165, 1.54) is 0 Å². The van der Waals surface area contributed by atoms with Crippen LogP contribution in [0.3, 0.4) is 0 Å². The summed E-state index contributed by atoms with van der Waals surface area (Å²) < 4.78 is 27.2. The Morgan fingerprint density at radius 2 is 1.48 bits per heavy atom. The summed E-state index contributed by atoms with van der Waals surface area (Å²) in [6, 6.07) is 14.8. The molecule has 0 saturated heterocycles. The van der Waals surface area contributed by atoms with Crippen LogP contribution in [0.2, 0.25) is 0 Å². The SMILES string of the molecule is CCN(CC)c1ccc(CNS(=O)(=O)c2ccc(C)cc2)cc1. The second-order valence-corrected chi connectivity index (χ2v) is 7.24. The molecule has 23 heavy (non-hydrogen) atoms. The van der Waals surface area contributed by atoms with Gasteiger partial charge in [0.2, 0.25) is 10.0 Å². The minimum Gasteiger partial charge on any atom is -0.372 e. The standard InChI is InChI=1S/C18H24N2O2S/c1-4-20(5-2)17-10-8-16(9-11-17)14-19-23(21,22)18-12-6-15(3)7-13-18/h6-13,19H,4-5,14H2,1-3H3. The average Bonchev–Trinajstić information content (AvgIpc) is 2.56. The van der Waals surface area contributed by atoms with Crippen LogP contribution in [0.5, 0.6) is 0 Å². The lowest BCUT2D eigenvalue weighted by Crippen LogP contribution is -2.23. The van der Waals surface area contributed by atoms with E-state index in [0.717, 1.165) is 29.9 Å². The highest BCUT2D eigenvalue weighted by Crippen LogP contribution is 2.16. The van der Waals surface area contributed by atoms with Crippen molar-refractivity contribution in [1.29, 1.82) is 0 Å². The molecule has 0 heterocycles. The summed E-state index contributed by atoms with van der Waals surface area (Å²) in [5.74, 6) is 0. The monoisotopic (exact) mass is 332 g/mol. The fourth-order valence-corrected chi connectivity index (χ4v) is 3.41. The van der Waals surface area contributed by atoms with Crippen molar-refractivity contribution in [3.05, 3.63) is 59.7 Å². The van der Waals surface area contributed by atoms with Crippen molar-refractivity contribution in [3.8, 4) is 0 Å². The molecular formula is C18H24N2O2S. The summed E-state index contributed by atoms with van der Waals surface area (Å²) in [5.41, 5.74) is 3.13. The number of anilines is 1. The van der Waals surface area contributed by atoms with Crippen molar-refractivity contribution >= 4 is 15.7 Å². The van der Waals surface area contributed by atoms with Gasteiger partial charge in [-0.1, -0.05) is 29.8 Å². The molecule has 2 aromatic carbocycles. The first-order valence-electron chi connectivity index (χ1n) is 7.86. The van der Waals surface area contributed by atoms with Gasteiger partial charge in [-0.2, -0.15) is 0 Å². The third-order valence-electron chi connectivity index (χ3n) is 3.86. The molecule has 0 fully saturated rings. The second-order valence-electron chi connectivity index (χ2n) is 5.48. The number of hydrogen-bond donors (Lipinski definition) is 1. The van der Waals surface area contributed by atoms with Gasteiger partial charge in [0.1, 0.15) is 0 Å². The Balaban J connectivity index is 2.04. The Morgan fingerprint density at radius 1 is 0.913 bits per heavy atom. The molecule has 124 valence electrons. The number of benzene rings is 2. The van der Waals surface area contributed by atoms with Gasteiger partial charge in [0.05, 0.1) is 4.90 Å². The van der Waals surface area contributed by atoms with Crippen molar-refractivity contribution in [2.24, 2.45) is 0 Å². The van der Waals surface area contributed by atoms with E-state index in [1.54, 1.807) is 24.3 Å². The topological polar surface area (TPSA) is 49.4 Å². The fourth-order valence-electron chi connectivity index (χ4n) is 2.39. The molecular weight excluding hydrogens is 308 g/mol. The Morgan fingerprint density at radius 3 is 2.00 bits per heavy atom. The molecule has 0 spiro atoms. The molecule has 0 saturated carbocycles. The van der Waals surface area contributed by atoms with Crippen LogP contribution in [-0.4, -0.2) is 21.5 Å². The molecule has 0 unspecified atom stereocenters. The molecule has 2 aromatic rings. The zero-order valence-electron chi connectivity index (χ0n) is 13.9.